The summed E-state index contributed by atoms with van der Waals surface area (Å²) < 4.78 is 0. The van der Waals surface area contributed by atoms with Crippen LogP contribution in [0.4, 0.5) is 0 Å². The monoisotopic (exact) mass is 227 g/mol. The Morgan fingerprint density at radius 3 is 2.87 bits per heavy atom. The van der Waals surface area contributed by atoms with Crippen LogP contribution in [0.2, 0.25) is 5.02 Å². The number of hydrogen-bond acceptors (Lipinski definition) is 2. The largest absolute Gasteiger partial charge is 0.394 e. The smallest absolute Gasteiger partial charge is 0.251 e. The lowest BCUT2D eigenvalue weighted by Crippen LogP contribution is -2.36. The maximum atomic E-state index is 11.6. The summed E-state index contributed by atoms with van der Waals surface area (Å²) in [7, 11) is 0. The normalized spacial score (nSPS) is 12.2. The third kappa shape index (κ3) is 3.53. The van der Waals surface area contributed by atoms with Crippen LogP contribution >= 0.6 is 11.6 Å². The standard InChI is InChI=1S/C11H14ClNO2/c1-2-10(7-14)13-11(15)8-4-3-5-9(12)6-8/h3-6,10,14H,2,7H2,1H3,(H,13,15). The van der Waals surface area contributed by atoms with Crippen LogP contribution in [-0.4, -0.2) is 23.7 Å². The van der Waals surface area contributed by atoms with Crippen molar-refractivity contribution < 1.29 is 9.90 Å². The number of rotatable bonds is 4. The molecule has 0 saturated carbocycles. The van der Waals surface area contributed by atoms with Crippen molar-refractivity contribution in [3.05, 3.63) is 34.9 Å². The van der Waals surface area contributed by atoms with Gasteiger partial charge in [-0.2, -0.15) is 0 Å². The Morgan fingerprint density at radius 1 is 1.60 bits per heavy atom. The average molecular weight is 228 g/mol. The highest BCUT2D eigenvalue weighted by Gasteiger charge is 2.10. The molecule has 1 atom stereocenters. The van der Waals surface area contributed by atoms with E-state index < -0.39 is 0 Å². The lowest BCUT2D eigenvalue weighted by Gasteiger charge is -2.13. The topological polar surface area (TPSA) is 49.3 Å². The zero-order chi connectivity index (χ0) is 11.3. The van der Waals surface area contributed by atoms with Crippen LogP contribution in [0.5, 0.6) is 0 Å². The minimum absolute atomic E-state index is 0.0528. The Bertz CT molecular complexity index is 337. The van der Waals surface area contributed by atoms with Crippen molar-refractivity contribution in [2.45, 2.75) is 19.4 Å². The zero-order valence-electron chi connectivity index (χ0n) is 8.53. The summed E-state index contributed by atoms with van der Waals surface area (Å²) in [4.78, 5) is 11.6. The van der Waals surface area contributed by atoms with Crippen LogP contribution < -0.4 is 5.32 Å². The number of carbonyl (C=O) groups excluding carboxylic acids is 1. The highest BCUT2D eigenvalue weighted by molar-refractivity contribution is 6.30. The van der Waals surface area contributed by atoms with Gasteiger partial charge in [0.25, 0.3) is 5.91 Å². The van der Waals surface area contributed by atoms with Gasteiger partial charge < -0.3 is 10.4 Å². The molecule has 0 radical (unpaired) electrons. The number of nitrogens with one attached hydrogen (secondary N) is 1. The lowest BCUT2D eigenvalue weighted by molar-refractivity contribution is 0.0915. The highest BCUT2D eigenvalue weighted by atomic mass is 35.5. The van der Waals surface area contributed by atoms with Crippen molar-refractivity contribution in [2.75, 3.05) is 6.61 Å². The Hall–Kier alpha value is -1.06. The third-order valence-corrected chi connectivity index (χ3v) is 2.37. The predicted octanol–water partition coefficient (Wildman–Crippen LogP) is 1.84. The molecule has 0 aliphatic heterocycles. The minimum atomic E-state index is -0.210. The van der Waals surface area contributed by atoms with Crippen LogP contribution in [0.1, 0.15) is 23.7 Å². The van der Waals surface area contributed by atoms with Gasteiger partial charge in [0, 0.05) is 10.6 Å². The van der Waals surface area contributed by atoms with E-state index in [4.69, 9.17) is 16.7 Å². The van der Waals surface area contributed by atoms with Crippen molar-refractivity contribution in [2.24, 2.45) is 0 Å². The summed E-state index contributed by atoms with van der Waals surface area (Å²) in [5, 5.41) is 12.2. The first-order valence-electron chi connectivity index (χ1n) is 4.84. The van der Waals surface area contributed by atoms with Crippen LogP contribution in [-0.2, 0) is 0 Å². The molecule has 1 aromatic rings. The Morgan fingerprint density at radius 2 is 2.33 bits per heavy atom. The number of aliphatic hydroxyl groups is 1. The molecule has 2 N–H and O–H groups in total. The van der Waals surface area contributed by atoms with Crippen LogP contribution in [0.25, 0.3) is 0 Å². The van der Waals surface area contributed by atoms with Gasteiger partial charge >= 0.3 is 0 Å². The molecule has 3 nitrogen and oxygen atoms in total. The first-order valence-corrected chi connectivity index (χ1v) is 5.22. The van der Waals surface area contributed by atoms with E-state index >= 15 is 0 Å². The van der Waals surface area contributed by atoms with Crippen LogP contribution in [0.3, 0.4) is 0 Å². The van der Waals surface area contributed by atoms with Crippen molar-refractivity contribution >= 4 is 17.5 Å². The van der Waals surface area contributed by atoms with E-state index in [1.807, 2.05) is 6.92 Å². The number of aliphatic hydroxyl groups excluding tert-OH is 1. The number of benzene rings is 1. The molecule has 82 valence electrons. The molecule has 1 aromatic carbocycles. The van der Waals surface area contributed by atoms with Gasteiger partial charge in [-0.25, -0.2) is 0 Å². The van der Waals surface area contributed by atoms with E-state index in [0.29, 0.717) is 17.0 Å². The number of hydrogen-bond donors (Lipinski definition) is 2. The predicted molar refractivity (Wildman–Crippen MR) is 60.1 cm³/mol. The SMILES string of the molecule is CCC(CO)NC(=O)c1cccc(Cl)c1. The Kier molecular flexibility index (Phi) is 4.59. The second kappa shape index (κ2) is 5.73. The molecule has 0 heterocycles. The van der Waals surface area contributed by atoms with Gasteiger partial charge in [0.2, 0.25) is 0 Å². The fourth-order valence-electron chi connectivity index (χ4n) is 1.18. The van der Waals surface area contributed by atoms with E-state index in [2.05, 4.69) is 5.32 Å². The second-order valence-electron chi connectivity index (χ2n) is 3.27. The second-order valence-corrected chi connectivity index (χ2v) is 3.71. The third-order valence-electron chi connectivity index (χ3n) is 2.14. The van der Waals surface area contributed by atoms with Gasteiger partial charge in [-0.1, -0.05) is 24.6 Å². The van der Waals surface area contributed by atoms with E-state index in [9.17, 15) is 4.79 Å². The van der Waals surface area contributed by atoms with Gasteiger partial charge in [0.15, 0.2) is 0 Å². The highest BCUT2D eigenvalue weighted by Crippen LogP contribution is 2.10. The summed E-state index contributed by atoms with van der Waals surface area (Å²) >= 11 is 5.76. The zero-order valence-corrected chi connectivity index (χ0v) is 9.29. The fourth-order valence-corrected chi connectivity index (χ4v) is 1.37. The molecule has 1 rings (SSSR count). The number of carbonyl (C=O) groups is 1. The van der Waals surface area contributed by atoms with Gasteiger partial charge in [-0.15, -0.1) is 0 Å². The van der Waals surface area contributed by atoms with Crippen molar-refractivity contribution in [1.29, 1.82) is 0 Å². The van der Waals surface area contributed by atoms with Gasteiger partial charge in [0.1, 0.15) is 0 Å². The Balaban J connectivity index is 2.68. The average Bonchev–Trinajstić information content (AvgIpc) is 2.25. The molecule has 15 heavy (non-hydrogen) atoms. The molecular formula is C11H14ClNO2. The number of halogens is 1. The van der Waals surface area contributed by atoms with E-state index in [0.717, 1.165) is 0 Å². The molecule has 0 fully saturated rings. The van der Waals surface area contributed by atoms with Crippen molar-refractivity contribution in [1.82, 2.24) is 5.32 Å². The number of amides is 1. The van der Waals surface area contributed by atoms with Crippen LogP contribution in [0, 0.1) is 0 Å². The molecular weight excluding hydrogens is 214 g/mol. The Labute approximate surface area is 94.1 Å². The van der Waals surface area contributed by atoms with Gasteiger partial charge in [0.05, 0.1) is 12.6 Å². The maximum absolute atomic E-state index is 11.6. The summed E-state index contributed by atoms with van der Waals surface area (Å²) in [6.07, 6.45) is 0.697. The molecule has 1 unspecified atom stereocenters. The minimum Gasteiger partial charge on any atom is -0.394 e. The molecule has 1 amide bonds. The lowest BCUT2D eigenvalue weighted by atomic mass is 10.2. The van der Waals surface area contributed by atoms with E-state index in [1.165, 1.54) is 0 Å². The molecule has 0 aromatic heterocycles. The van der Waals surface area contributed by atoms with E-state index in [1.54, 1.807) is 24.3 Å². The van der Waals surface area contributed by atoms with Crippen molar-refractivity contribution in [3.8, 4) is 0 Å². The van der Waals surface area contributed by atoms with Crippen LogP contribution in [0.15, 0.2) is 24.3 Å². The van der Waals surface area contributed by atoms with Crippen molar-refractivity contribution in [3.63, 3.8) is 0 Å². The summed E-state index contributed by atoms with van der Waals surface area (Å²) in [5.74, 6) is -0.210. The maximum Gasteiger partial charge on any atom is 0.251 e. The first-order chi connectivity index (χ1) is 7.17. The molecule has 0 bridgehead atoms. The summed E-state index contributed by atoms with van der Waals surface area (Å²) in [6.45, 7) is 1.85. The van der Waals surface area contributed by atoms with Gasteiger partial charge in [-0.05, 0) is 24.6 Å². The molecule has 4 heteroatoms. The summed E-state index contributed by atoms with van der Waals surface area (Å²) in [5.41, 5.74) is 0.509. The van der Waals surface area contributed by atoms with E-state index in [-0.39, 0.29) is 18.6 Å². The molecule has 0 aliphatic carbocycles. The first kappa shape index (κ1) is 12.0. The fraction of sp³-hybridized carbons (Fsp3) is 0.364. The quantitative estimate of drug-likeness (QED) is 0.825. The molecule has 0 aliphatic rings. The molecule has 0 saturated heterocycles. The summed E-state index contributed by atoms with van der Waals surface area (Å²) in [6, 6.07) is 6.52. The molecule has 0 spiro atoms. The van der Waals surface area contributed by atoms with Gasteiger partial charge in [-0.3, -0.25) is 4.79 Å².